The number of hydrogen-bond acceptors (Lipinski definition) is 3. The summed E-state index contributed by atoms with van der Waals surface area (Å²) in [6.45, 7) is 4.38. The topological polar surface area (TPSA) is 46.6 Å². The molecule has 0 saturated carbocycles. The van der Waals surface area contributed by atoms with E-state index in [2.05, 4.69) is 54.6 Å². The van der Waals surface area contributed by atoms with Gasteiger partial charge in [0.25, 0.3) is 0 Å². The Bertz CT molecular complexity index is 1250. The second kappa shape index (κ2) is 8.67. The van der Waals surface area contributed by atoms with Crippen LogP contribution in [0, 0.1) is 19.8 Å². The average Bonchev–Trinajstić information content (AvgIpc) is 3.34. The molecule has 1 aliphatic carbocycles. The third-order valence-corrected chi connectivity index (χ3v) is 8.31. The molecule has 4 nitrogen and oxygen atoms in total. The lowest BCUT2D eigenvalue weighted by Gasteiger charge is -2.38. The molecule has 0 aromatic heterocycles. The first kappa shape index (κ1) is 22.1. The Morgan fingerprint density at radius 1 is 0.857 bits per heavy atom. The lowest BCUT2D eigenvalue weighted by molar-refractivity contribution is 0.0505. The summed E-state index contributed by atoms with van der Waals surface area (Å²) in [5.74, 6) is 0.272. The predicted molar refractivity (Wildman–Crippen MR) is 137 cm³/mol. The first-order valence-electron chi connectivity index (χ1n) is 12.8. The van der Waals surface area contributed by atoms with Crippen molar-refractivity contribution in [2.45, 2.75) is 57.5 Å². The molecule has 2 saturated heterocycles. The van der Waals surface area contributed by atoms with Crippen LogP contribution in [0.25, 0.3) is 11.1 Å². The molecule has 1 amide bonds. The van der Waals surface area contributed by atoms with E-state index in [4.69, 9.17) is 4.74 Å². The van der Waals surface area contributed by atoms with Crippen LogP contribution >= 0.6 is 0 Å². The summed E-state index contributed by atoms with van der Waals surface area (Å²) in [5, 5.41) is 0. The summed E-state index contributed by atoms with van der Waals surface area (Å²) >= 11 is 0. The molecule has 178 valence electrons. The van der Waals surface area contributed by atoms with E-state index in [1.165, 1.54) is 22.3 Å². The van der Waals surface area contributed by atoms with Crippen molar-refractivity contribution >= 4 is 11.9 Å². The third kappa shape index (κ3) is 3.76. The fourth-order valence-corrected chi connectivity index (χ4v) is 6.58. The van der Waals surface area contributed by atoms with Gasteiger partial charge in [-0.1, -0.05) is 66.2 Å². The van der Waals surface area contributed by atoms with Crippen LogP contribution in [-0.2, 0) is 4.74 Å². The minimum Gasteiger partial charge on any atom is -0.448 e. The molecule has 4 heteroatoms. The first-order valence-corrected chi connectivity index (χ1v) is 12.8. The fourth-order valence-electron chi connectivity index (χ4n) is 6.58. The zero-order valence-corrected chi connectivity index (χ0v) is 20.4. The van der Waals surface area contributed by atoms with Crippen molar-refractivity contribution in [3.8, 4) is 11.1 Å². The van der Waals surface area contributed by atoms with E-state index in [0.717, 1.165) is 42.4 Å². The van der Waals surface area contributed by atoms with Gasteiger partial charge in [-0.05, 0) is 73.4 Å². The second-order valence-electron chi connectivity index (χ2n) is 10.4. The minimum atomic E-state index is -0.225. The van der Waals surface area contributed by atoms with Gasteiger partial charge in [-0.15, -0.1) is 0 Å². The van der Waals surface area contributed by atoms with E-state index in [0.29, 0.717) is 6.61 Å². The van der Waals surface area contributed by atoms with Crippen molar-refractivity contribution in [3.05, 3.63) is 94.5 Å². The second-order valence-corrected chi connectivity index (χ2v) is 10.4. The highest BCUT2D eigenvalue weighted by Crippen LogP contribution is 2.45. The van der Waals surface area contributed by atoms with Gasteiger partial charge in [-0.2, -0.15) is 0 Å². The standard InChI is InChI=1S/C31H31NO3/c1-19-11-12-20(2)28(15-19)30(33)21-16-22-13-14-23(17-21)32(22)31(34)35-18-29-26-9-5-3-7-24(26)25-8-4-6-10-27(25)29/h3-12,15,21-23,29H,13-14,16-18H2,1-2H3. The summed E-state index contributed by atoms with van der Waals surface area (Å²) in [6, 6.07) is 23.1. The molecule has 0 spiro atoms. The smallest absolute Gasteiger partial charge is 0.410 e. The number of carbonyl (C=O) groups excluding carboxylic acids is 2. The van der Waals surface area contributed by atoms with Gasteiger partial charge in [0.2, 0.25) is 0 Å². The number of rotatable bonds is 4. The molecular formula is C31H31NO3. The molecule has 2 heterocycles. The summed E-state index contributed by atoms with van der Waals surface area (Å²) in [4.78, 5) is 28.6. The van der Waals surface area contributed by atoms with E-state index in [-0.39, 0.29) is 35.8 Å². The predicted octanol–water partition coefficient (Wildman–Crippen LogP) is 6.68. The maximum atomic E-state index is 13.4. The average molecular weight is 466 g/mol. The molecule has 2 bridgehead atoms. The van der Waals surface area contributed by atoms with E-state index in [1.54, 1.807) is 0 Å². The van der Waals surface area contributed by atoms with Crippen LogP contribution in [0.15, 0.2) is 66.7 Å². The largest absolute Gasteiger partial charge is 0.448 e. The number of ketones is 1. The van der Waals surface area contributed by atoms with Gasteiger partial charge in [0, 0.05) is 29.5 Å². The van der Waals surface area contributed by atoms with Crippen molar-refractivity contribution < 1.29 is 14.3 Å². The maximum absolute atomic E-state index is 13.4. The number of aryl methyl sites for hydroxylation is 2. The minimum absolute atomic E-state index is 0.0226. The Labute approximate surface area is 206 Å². The zero-order chi connectivity index (χ0) is 24.1. The lowest BCUT2D eigenvalue weighted by Crippen LogP contribution is -2.48. The van der Waals surface area contributed by atoms with Crippen molar-refractivity contribution in [2.75, 3.05) is 6.61 Å². The monoisotopic (exact) mass is 465 g/mol. The van der Waals surface area contributed by atoms with Crippen LogP contribution in [0.4, 0.5) is 4.79 Å². The number of nitrogens with zero attached hydrogens (tertiary/aromatic N) is 1. The van der Waals surface area contributed by atoms with Gasteiger partial charge in [0.1, 0.15) is 6.61 Å². The Morgan fingerprint density at radius 2 is 1.46 bits per heavy atom. The molecule has 0 radical (unpaired) electrons. The number of piperidine rings is 1. The highest BCUT2D eigenvalue weighted by Gasteiger charge is 2.46. The van der Waals surface area contributed by atoms with Gasteiger partial charge in [-0.3, -0.25) is 4.79 Å². The van der Waals surface area contributed by atoms with E-state index in [9.17, 15) is 9.59 Å². The lowest BCUT2D eigenvalue weighted by atomic mass is 9.83. The van der Waals surface area contributed by atoms with Gasteiger partial charge in [0.15, 0.2) is 5.78 Å². The van der Waals surface area contributed by atoms with Crippen LogP contribution in [0.5, 0.6) is 0 Å². The molecule has 35 heavy (non-hydrogen) atoms. The van der Waals surface area contributed by atoms with Crippen molar-refractivity contribution in [3.63, 3.8) is 0 Å². The normalized spacial score (nSPS) is 22.6. The van der Waals surface area contributed by atoms with Gasteiger partial charge in [-0.25, -0.2) is 4.79 Å². The molecule has 2 aliphatic heterocycles. The summed E-state index contributed by atoms with van der Waals surface area (Å²) in [7, 11) is 0. The Hall–Kier alpha value is -3.40. The number of carbonyl (C=O) groups is 2. The number of ether oxygens (including phenoxy) is 1. The Balaban J connectivity index is 1.15. The molecular weight excluding hydrogens is 434 g/mol. The Kier molecular flexibility index (Phi) is 5.47. The molecule has 2 atom stereocenters. The highest BCUT2D eigenvalue weighted by atomic mass is 16.6. The van der Waals surface area contributed by atoms with Gasteiger partial charge in [0.05, 0.1) is 0 Å². The number of hydrogen-bond donors (Lipinski definition) is 0. The number of benzene rings is 3. The third-order valence-electron chi connectivity index (χ3n) is 8.31. The number of amides is 1. The van der Waals surface area contributed by atoms with Crippen LogP contribution in [0.2, 0.25) is 0 Å². The summed E-state index contributed by atoms with van der Waals surface area (Å²) < 4.78 is 5.98. The number of fused-ring (bicyclic) bond motifs is 5. The van der Waals surface area contributed by atoms with Crippen LogP contribution in [0.3, 0.4) is 0 Å². The van der Waals surface area contributed by atoms with E-state index < -0.39 is 0 Å². The molecule has 0 N–H and O–H groups in total. The maximum Gasteiger partial charge on any atom is 0.410 e. The van der Waals surface area contributed by atoms with Crippen molar-refractivity contribution in [2.24, 2.45) is 5.92 Å². The molecule has 6 rings (SSSR count). The molecule has 3 aromatic carbocycles. The Morgan fingerprint density at radius 3 is 2.09 bits per heavy atom. The van der Waals surface area contributed by atoms with Crippen molar-refractivity contribution in [1.82, 2.24) is 4.90 Å². The molecule has 3 aromatic rings. The zero-order valence-electron chi connectivity index (χ0n) is 20.4. The SMILES string of the molecule is Cc1ccc(C)c(C(=O)C2CC3CCC(C2)N3C(=O)OCC2c3ccccc3-c3ccccc32)c1. The van der Waals surface area contributed by atoms with Crippen LogP contribution < -0.4 is 0 Å². The van der Waals surface area contributed by atoms with Crippen LogP contribution in [0.1, 0.15) is 64.2 Å². The summed E-state index contributed by atoms with van der Waals surface area (Å²) in [5.41, 5.74) is 7.89. The van der Waals surface area contributed by atoms with Crippen molar-refractivity contribution in [1.29, 1.82) is 0 Å². The van der Waals surface area contributed by atoms with E-state index in [1.807, 2.05) is 30.9 Å². The summed E-state index contributed by atoms with van der Waals surface area (Å²) in [6.07, 6.45) is 3.13. The van der Waals surface area contributed by atoms with Crippen LogP contribution in [-0.4, -0.2) is 35.5 Å². The quantitative estimate of drug-likeness (QED) is 0.404. The van der Waals surface area contributed by atoms with Gasteiger partial charge < -0.3 is 9.64 Å². The molecule has 3 aliphatic rings. The fraction of sp³-hybridized carbons (Fsp3) is 0.355. The molecule has 2 unspecified atom stereocenters. The number of Topliss-reactive ketones (excluding diaryl/α,β-unsaturated/α-hetero) is 1. The first-order chi connectivity index (χ1) is 17.0. The van der Waals surface area contributed by atoms with Gasteiger partial charge >= 0.3 is 6.09 Å². The highest BCUT2D eigenvalue weighted by molar-refractivity contribution is 5.99. The molecule has 2 fully saturated rings. The van der Waals surface area contributed by atoms with E-state index >= 15 is 0 Å².